The van der Waals surface area contributed by atoms with Gasteiger partial charge in [0.2, 0.25) is 10.0 Å². The summed E-state index contributed by atoms with van der Waals surface area (Å²) in [5.74, 6) is 0.486. The minimum absolute atomic E-state index is 0.0612. The average Bonchev–Trinajstić information content (AvgIpc) is 3.28. The van der Waals surface area contributed by atoms with E-state index >= 15 is 0 Å². The van der Waals surface area contributed by atoms with Crippen molar-refractivity contribution in [2.45, 2.75) is 23.8 Å². The molecule has 1 aliphatic heterocycles. The summed E-state index contributed by atoms with van der Waals surface area (Å²) in [7, 11) is -3.66. The second-order valence-electron chi connectivity index (χ2n) is 5.30. The van der Waals surface area contributed by atoms with E-state index in [0.717, 1.165) is 12.8 Å². The number of fused-ring (bicyclic) bond motifs is 1. The first-order valence-corrected chi connectivity index (χ1v) is 8.27. The molecule has 0 radical (unpaired) electrons. The summed E-state index contributed by atoms with van der Waals surface area (Å²) in [4.78, 5) is 11.4. The maximum atomic E-state index is 12.4. The molecule has 3 rings (SSSR count). The zero-order chi connectivity index (χ0) is 15.0. The van der Waals surface area contributed by atoms with Crippen molar-refractivity contribution < 1.29 is 17.9 Å². The van der Waals surface area contributed by atoms with Crippen LogP contribution in [0.25, 0.3) is 0 Å². The molecule has 8 heteroatoms. The molecule has 0 spiro atoms. The Bertz CT molecular complexity index is 670. The molecular weight excluding hydrogens is 294 g/mol. The van der Waals surface area contributed by atoms with Gasteiger partial charge in [0.05, 0.1) is 10.6 Å². The van der Waals surface area contributed by atoms with Gasteiger partial charge in [-0.25, -0.2) is 13.1 Å². The molecule has 1 atom stereocenters. The minimum atomic E-state index is -3.66. The molecule has 1 heterocycles. The van der Waals surface area contributed by atoms with Crippen LogP contribution >= 0.6 is 0 Å². The normalized spacial score (nSPS) is 19.4. The SMILES string of the molecule is NCC(NS(=O)(=O)c1ccc2c(c1)NC(=O)CO2)C1CC1. The minimum Gasteiger partial charge on any atom is -0.482 e. The van der Waals surface area contributed by atoms with Gasteiger partial charge in [0.25, 0.3) is 5.91 Å². The number of ether oxygens (including phenoxy) is 1. The van der Waals surface area contributed by atoms with Crippen LogP contribution < -0.4 is 20.5 Å². The Labute approximate surface area is 122 Å². The summed E-state index contributed by atoms with van der Waals surface area (Å²) in [6, 6.07) is 4.16. The molecule has 4 N–H and O–H groups in total. The largest absolute Gasteiger partial charge is 0.482 e. The van der Waals surface area contributed by atoms with Gasteiger partial charge in [-0.3, -0.25) is 4.79 Å². The molecule has 1 unspecified atom stereocenters. The Kier molecular flexibility index (Phi) is 3.60. The Hall–Kier alpha value is -1.64. The summed E-state index contributed by atoms with van der Waals surface area (Å²) in [5.41, 5.74) is 5.99. The molecule has 1 aromatic carbocycles. The molecule has 1 aliphatic carbocycles. The number of rotatable bonds is 5. The van der Waals surface area contributed by atoms with Gasteiger partial charge in [-0.1, -0.05) is 0 Å². The molecule has 114 valence electrons. The van der Waals surface area contributed by atoms with Crippen molar-refractivity contribution in [3.05, 3.63) is 18.2 Å². The maximum absolute atomic E-state index is 12.4. The highest BCUT2D eigenvalue weighted by molar-refractivity contribution is 7.89. The standard InChI is InChI=1S/C13H17N3O4S/c14-6-11(8-1-2-8)16-21(18,19)9-3-4-12-10(5-9)15-13(17)7-20-12/h3-5,8,11,16H,1-2,6-7,14H2,(H,15,17). The highest BCUT2D eigenvalue weighted by Crippen LogP contribution is 2.34. The Morgan fingerprint density at radius 2 is 2.19 bits per heavy atom. The lowest BCUT2D eigenvalue weighted by Crippen LogP contribution is -2.41. The monoisotopic (exact) mass is 311 g/mol. The van der Waals surface area contributed by atoms with Gasteiger partial charge in [-0.05, 0) is 37.0 Å². The number of anilines is 1. The van der Waals surface area contributed by atoms with E-state index < -0.39 is 10.0 Å². The number of hydrogen-bond acceptors (Lipinski definition) is 5. The fraction of sp³-hybridized carbons (Fsp3) is 0.462. The topological polar surface area (TPSA) is 111 Å². The zero-order valence-electron chi connectivity index (χ0n) is 11.3. The van der Waals surface area contributed by atoms with Gasteiger partial charge in [0.15, 0.2) is 6.61 Å². The van der Waals surface area contributed by atoms with Crippen LogP contribution in [0.1, 0.15) is 12.8 Å². The molecule has 7 nitrogen and oxygen atoms in total. The average molecular weight is 311 g/mol. The predicted octanol–water partition coefficient (Wildman–Crippen LogP) is 0.0331. The van der Waals surface area contributed by atoms with Crippen LogP contribution in [0.5, 0.6) is 5.75 Å². The number of hydrogen-bond donors (Lipinski definition) is 3. The molecule has 1 amide bonds. The summed E-state index contributed by atoms with van der Waals surface area (Å²) in [6.45, 7) is 0.211. The van der Waals surface area contributed by atoms with Crippen molar-refractivity contribution in [3.63, 3.8) is 0 Å². The van der Waals surface area contributed by atoms with Crippen molar-refractivity contribution in [3.8, 4) is 5.75 Å². The lowest BCUT2D eigenvalue weighted by atomic mass is 10.2. The van der Waals surface area contributed by atoms with E-state index in [1.165, 1.54) is 18.2 Å². The van der Waals surface area contributed by atoms with Crippen molar-refractivity contribution in [2.24, 2.45) is 11.7 Å². The molecule has 1 saturated carbocycles. The molecule has 21 heavy (non-hydrogen) atoms. The van der Waals surface area contributed by atoms with Crippen LogP contribution in [0.4, 0.5) is 5.69 Å². The lowest BCUT2D eigenvalue weighted by Gasteiger charge is -2.20. The summed E-state index contributed by atoms with van der Waals surface area (Å²) in [5, 5.41) is 2.59. The van der Waals surface area contributed by atoms with E-state index in [0.29, 0.717) is 17.4 Å². The number of nitrogens with one attached hydrogen (secondary N) is 2. The Morgan fingerprint density at radius 3 is 2.86 bits per heavy atom. The van der Waals surface area contributed by atoms with Gasteiger partial charge in [0, 0.05) is 12.6 Å². The molecule has 0 bridgehead atoms. The molecule has 0 saturated heterocycles. The van der Waals surface area contributed by atoms with Crippen LogP contribution in [0.3, 0.4) is 0 Å². The van der Waals surface area contributed by atoms with E-state index in [9.17, 15) is 13.2 Å². The molecule has 2 aliphatic rings. The summed E-state index contributed by atoms with van der Waals surface area (Å²) < 4.78 is 32.6. The number of carbonyl (C=O) groups is 1. The van der Waals surface area contributed by atoms with Crippen LogP contribution in [0.2, 0.25) is 0 Å². The van der Waals surface area contributed by atoms with Crippen LogP contribution in [-0.4, -0.2) is 33.5 Å². The zero-order valence-corrected chi connectivity index (χ0v) is 12.2. The smallest absolute Gasteiger partial charge is 0.262 e. The first kappa shape index (κ1) is 14.3. The van der Waals surface area contributed by atoms with Gasteiger partial charge in [0.1, 0.15) is 5.75 Å². The van der Waals surface area contributed by atoms with E-state index in [4.69, 9.17) is 10.5 Å². The van der Waals surface area contributed by atoms with Crippen LogP contribution in [0, 0.1) is 5.92 Å². The van der Waals surface area contributed by atoms with E-state index in [2.05, 4.69) is 10.0 Å². The van der Waals surface area contributed by atoms with Gasteiger partial charge in [-0.15, -0.1) is 0 Å². The maximum Gasteiger partial charge on any atom is 0.262 e. The van der Waals surface area contributed by atoms with E-state index in [1.807, 2.05) is 0 Å². The number of nitrogens with two attached hydrogens (primary N) is 1. The second kappa shape index (κ2) is 5.28. The summed E-state index contributed by atoms with van der Waals surface area (Å²) >= 11 is 0. The number of benzene rings is 1. The third kappa shape index (κ3) is 3.02. The van der Waals surface area contributed by atoms with Crippen molar-refractivity contribution >= 4 is 21.6 Å². The number of amides is 1. The fourth-order valence-electron chi connectivity index (χ4n) is 2.33. The quantitative estimate of drug-likeness (QED) is 0.711. The number of sulfonamides is 1. The first-order chi connectivity index (χ1) is 9.99. The molecular formula is C13H17N3O4S. The highest BCUT2D eigenvalue weighted by Gasteiger charge is 2.33. The van der Waals surface area contributed by atoms with Gasteiger partial charge < -0.3 is 15.8 Å². The van der Waals surface area contributed by atoms with Crippen molar-refractivity contribution in [2.75, 3.05) is 18.5 Å². The second-order valence-corrected chi connectivity index (χ2v) is 7.01. The van der Waals surface area contributed by atoms with Gasteiger partial charge in [-0.2, -0.15) is 0 Å². The molecule has 1 fully saturated rings. The molecule has 1 aromatic rings. The first-order valence-electron chi connectivity index (χ1n) is 6.79. The third-order valence-electron chi connectivity index (χ3n) is 3.65. The van der Waals surface area contributed by atoms with E-state index in [1.54, 1.807) is 0 Å². The van der Waals surface area contributed by atoms with Crippen LogP contribution in [-0.2, 0) is 14.8 Å². The van der Waals surface area contributed by atoms with Gasteiger partial charge >= 0.3 is 0 Å². The van der Waals surface area contributed by atoms with Crippen LogP contribution in [0.15, 0.2) is 23.1 Å². The Morgan fingerprint density at radius 1 is 1.43 bits per heavy atom. The predicted molar refractivity (Wildman–Crippen MR) is 76.5 cm³/mol. The Balaban J connectivity index is 1.85. The number of carbonyl (C=O) groups excluding carboxylic acids is 1. The van der Waals surface area contributed by atoms with Crippen molar-refractivity contribution in [1.82, 2.24) is 4.72 Å². The third-order valence-corrected chi connectivity index (χ3v) is 5.13. The molecule has 0 aromatic heterocycles. The highest BCUT2D eigenvalue weighted by atomic mass is 32.2. The summed E-state index contributed by atoms with van der Waals surface area (Å²) in [6.07, 6.45) is 2.00. The van der Waals surface area contributed by atoms with Crippen molar-refractivity contribution in [1.29, 1.82) is 0 Å². The van der Waals surface area contributed by atoms with E-state index in [-0.39, 0.29) is 30.0 Å². The lowest BCUT2D eigenvalue weighted by molar-refractivity contribution is -0.118. The fourth-order valence-corrected chi connectivity index (χ4v) is 3.68.